The Hall–Kier alpha value is -2.51. The molecular formula is C25H32F2N2O3. The Morgan fingerprint density at radius 3 is 2.59 bits per heavy atom. The van der Waals surface area contributed by atoms with E-state index in [-0.39, 0.29) is 24.9 Å². The summed E-state index contributed by atoms with van der Waals surface area (Å²) in [6.45, 7) is 6.47. The highest BCUT2D eigenvalue weighted by Gasteiger charge is 2.26. The highest BCUT2D eigenvalue weighted by atomic mass is 19.1. The van der Waals surface area contributed by atoms with Gasteiger partial charge in [0, 0.05) is 37.6 Å². The number of amides is 1. The maximum atomic E-state index is 13.6. The number of hydrogen-bond acceptors (Lipinski definition) is 4. The molecule has 0 fully saturated rings. The molecular weight excluding hydrogens is 414 g/mol. The molecule has 32 heavy (non-hydrogen) atoms. The smallest absolute Gasteiger partial charge is 0.217 e. The number of carbonyl (C=O) groups excluding carboxylic acids is 1. The van der Waals surface area contributed by atoms with Gasteiger partial charge in [0.2, 0.25) is 5.91 Å². The average Bonchev–Trinajstić information content (AvgIpc) is 2.75. The number of fused-ring (bicyclic) bond motifs is 1. The summed E-state index contributed by atoms with van der Waals surface area (Å²) in [5.41, 5.74) is 2.67. The number of nitrogens with one attached hydrogen (secondary N) is 2. The van der Waals surface area contributed by atoms with Crippen LogP contribution < -0.4 is 15.4 Å². The van der Waals surface area contributed by atoms with Gasteiger partial charge >= 0.3 is 0 Å². The topological polar surface area (TPSA) is 70.6 Å². The van der Waals surface area contributed by atoms with Crippen LogP contribution in [-0.4, -0.2) is 36.3 Å². The number of ether oxygens (including phenoxy) is 1. The van der Waals surface area contributed by atoms with E-state index in [1.165, 1.54) is 24.6 Å². The molecule has 0 saturated carbocycles. The molecule has 4 atom stereocenters. The molecule has 3 N–H and O–H groups in total. The molecule has 2 aromatic rings. The standard InChI is InChI=1S/C25H32F2N2O3/c1-4-15(2)18-5-6-25-21(12-18)22(7-8-32-25)28-14-24(31)23(29-16(3)30)11-17-9-19(26)13-20(27)10-17/h5-6,9-10,12-13,15,22-24,28,31H,4,7-8,11,14H2,1-3H3,(H,29,30). The van der Waals surface area contributed by atoms with Crippen LogP contribution in [0.25, 0.3) is 0 Å². The van der Waals surface area contributed by atoms with Crippen molar-refractivity contribution in [3.05, 3.63) is 64.7 Å². The molecule has 3 rings (SSSR count). The van der Waals surface area contributed by atoms with Gasteiger partial charge in [0.05, 0.1) is 18.8 Å². The highest BCUT2D eigenvalue weighted by Crippen LogP contribution is 2.35. The van der Waals surface area contributed by atoms with E-state index in [0.717, 1.165) is 30.2 Å². The predicted molar refractivity (Wildman–Crippen MR) is 120 cm³/mol. The van der Waals surface area contributed by atoms with E-state index in [2.05, 4.69) is 36.6 Å². The van der Waals surface area contributed by atoms with Crippen LogP contribution in [0.15, 0.2) is 36.4 Å². The summed E-state index contributed by atoms with van der Waals surface area (Å²) in [6.07, 6.45) is 0.952. The van der Waals surface area contributed by atoms with Crippen molar-refractivity contribution in [2.45, 2.75) is 64.1 Å². The summed E-state index contributed by atoms with van der Waals surface area (Å²) in [5, 5.41) is 16.9. The van der Waals surface area contributed by atoms with E-state index in [0.29, 0.717) is 18.1 Å². The van der Waals surface area contributed by atoms with Crippen LogP contribution in [0.5, 0.6) is 5.75 Å². The van der Waals surface area contributed by atoms with Crippen LogP contribution in [0, 0.1) is 11.6 Å². The van der Waals surface area contributed by atoms with Crippen LogP contribution in [0.3, 0.4) is 0 Å². The Morgan fingerprint density at radius 2 is 1.94 bits per heavy atom. The van der Waals surface area contributed by atoms with Gasteiger partial charge in [-0.1, -0.05) is 26.0 Å². The SMILES string of the molecule is CCC(C)c1ccc2c(c1)C(NCC(O)C(Cc1cc(F)cc(F)c1)NC(C)=O)CCO2. The normalized spacial score (nSPS) is 18.2. The zero-order chi connectivity index (χ0) is 23.3. The number of hydrogen-bond donors (Lipinski definition) is 3. The van der Waals surface area contributed by atoms with Crippen LogP contribution in [0.1, 0.15) is 62.3 Å². The van der Waals surface area contributed by atoms with Crippen molar-refractivity contribution in [3.63, 3.8) is 0 Å². The molecule has 1 aliphatic heterocycles. The maximum absolute atomic E-state index is 13.6. The number of rotatable bonds is 9. The second-order valence-electron chi connectivity index (χ2n) is 8.56. The van der Waals surface area contributed by atoms with Crippen molar-refractivity contribution >= 4 is 5.91 Å². The average molecular weight is 447 g/mol. The lowest BCUT2D eigenvalue weighted by Gasteiger charge is -2.30. The van der Waals surface area contributed by atoms with Gasteiger partial charge in [-0.15, -0.1) is 0 Å². The zero-order valence-electron chi connectivity index (χ0n) is 18.8. The lowest BCUT2D eigenvalue weighted by Crippen LogP contribution is -2.48. The first-order valence-electron chi connectivity index (χ1n) is 11.2. The van der Waals surface area contributed by atoms with Crippen molar-refractivity contribution < 1.29 is 23.4 Å². The van der Waals surface area contributed by atoms with Gasteiger partial charge in [-0.25, -0.2) is 8.78 Å². The first-order valence-corrected chi connectivity index (χ1v) is 11.2. The second-order valence-corrected chi connectivity index (χ2v) is 8.56. The molecule has 0 bridgehead atoms. The first kappa shape index (κ1) is 24.1. The summed E-state index contributed by atoms with van der Waals surface area (Å²) >= 11 is 0. The molecule has 2 aromatic carbocycles. The fraction of sp³-hybridized carbons (Fsp3) is 0.480. The van der Waals surface area contributed by atoms with Crippen molar-refractivity contribution in [1.82, 2.24) is 10.6 Å². The lowest BCUT2D eigenvalue weighted by molar-refractivity contribution is -0.120. The van der Waals surface area contributed by atoms with Crippen molar-refractivity contribution in [3.8, 4) is 5.75 Å². The molecule has 4 unspecified atom stereocenters. The third kappa shape index (κ3) is 6.26. The minimum absolute atomic E-state index is 0.00185. The molecule has 0 aromatic heterocycles. The molecule has 0 radical (unpaired) electrons. The maximum Gasteiger partial charge on any atom is 0.217 e. The zero-order valence-corrected chi connectivity index (χ0v) is 18.8. The van der Waals surface area contributed by atoms with E-state index in [1.54, 1.807) is 0 Å². The number of aliphatic hydroxyl groups excluding tert-OH is 1. The fourth-order valence-electron chi connectivity index (χ4n) is 4.10. The number of aliphatic hydroxyl groups is 1. The van der Waals surface area contributed by atoms with E-state index < -0.39 is 23.8 Å². The molecule has 174 valence electrons. The quantitative estimate of drug-likeness (QED) is 0.545. The van der Waals surface area contributed by atoms with Gasteiger partial charge in [-0.05, 0) is 48.1 Å². The minimum atomic E-state index is -0.950. The molecule has 5 nitrogen and oxygen atoms in total. The summed E-state index contributed by atoms with van der Waals surface area (Å²) in [5.74, 6) is -0.427. The van der Waals surface area contributed by atoms with E-state index >= 15 is 0 Å². The van der Waals surface area contributed by atoms with E-state index in [4.69, 9.17) is 4.74 Å². The van der Waals surface area contributed by atoms with Crippen LogP contribution >= 0.6 is 0 Å². The van der Waals surface area contributed by atoms with Crippen molar-refractivity contribution in [2.24, 2.45) is 0 Å². The van der Waals surface area contributed by atoms with Gasteiger partial charge < -0.3 is 20.5 Å². The molecule has 1 amide bonds. The molecule has 0 saturated heterocycles. The first-order chi connectivity index (χ1) is 15.3. The molecule has 1 aliphatic rings. The van der Waals surface area contributed by atoms with Gasteiger partial charge in [-0.2, -0.15) is 0 Å². The fourth-order valence-corrected chi connectivity index (χ4v) is 4.10. The van der Waals surface area contributed by atoms with E-state index in [9.17, 15) is 18.7 Å². The molecule has 7 heteroatoms. The lowest BCUT2D eigenvalue weighted by atomic mass is 9.92. The largest absolute Gasteiger partial charge is 0.493 e. The predicted octanol–water partition coefficient (Wildman–Crippen LogP) is 4.00. The number of benzene rings is 2. The summed E-state index contributed by atoms with van der Waals surface area (Å²) in [6, 6.07) is 8.79. The Morgan fingerprint density at radius 1 is 1.22 bits per heavy atom. The Balaban J connectivity index is 1.71. The van der Waals surface area contributed by atoms with Crippen LogP contribution in [-0.2, 0) is 11.2 Å². The molecule has 0 spiro atoms. The highest BCUT2D eigenvalue weighted by molar-refractivity contribution is 5.73. The monoisotopic (exact) mass is 446 g/mol. The van der Waals surface area contributed by atoms with Gasteiger partial charge in [0.15, 0.2) is 0 Å². The van der Waals surface area contributed by atoms with Crippen molar-refractivity contribution in [2.75, 3.05) is 13.2 Å². The number of carbonyl (C=O) groups is 1. The van der Waals surface area contributed by atoms with Gasteiger partial charge in [0.25, 0.3) is 0 Å². The van der Waals surface area contributed by atoms with Gasteiger partial charge in [0.1, 0.15) is 17.4 Å². The van der Waals surface area contributed by atoms with Gasteiger partial charge in [-0.3, -0.25) is 4.79 Å². The summed E-state index contributed by atoms with van der Waals surface area (Å²) < 4.78 is 32.9. The Labute approximate surface area is 188 Å². The summed E-state index contributed by atoms with van der Waals surface area (Å²) in [7, 11) is 0. The second kappa shape index (κ2) is 10.9. The molecule has 1 heterocycles. The third-order valence-electron chi connectivity index (χ3n) is 6.06. The minimum Gasteiger partial charge on any atom is -0.493 e. The van der Waals surface area contributed by atoms with Crippen LogP contribution in [0.2, 0.25) is 0 Å². The number of halogens is 2. The van der Waals surface area contributed by atoms with E-state index in [1.807, 2.05) is 6.07 Å². The molecule has 0 aliphatic carbocycles. The Bertz CT molecular complexity index is 917. The third-order valence-corrected chi connectivity index (χ3v) is 6.06. The Kier molecular flexibility index (Phi) is 8.21. The summed E-state index contributed by atoms with van der Waals surface area (Å²) in [4.78, 5) is 11.7. The van der Waals surface area contributed by atoms with Crippen LogP contribution in [0.4, 0.5) is 8.78 Å². The van der Waals surface area contributed by atoms with Crippen molar-refractivity contribution in [1.29, 1.82) is 0 Å².